The van der Waals surface area contributed by atoms with Crippen molar-refractivity contribution in [2.45, 2.75) is 10.2 Å². The van der Waals surface area contributed by atoms with Gasteiger partial charge in [0.25, 0.3) is 5.69 Å². The second kappa shape index (κ2) is 4.49. The fourth-order valence-electron chi connectivity index (χ4n) is 1.19. The van der Waals surface area contributed by atoms with Crippen LogP contribution in [0.5, 0.6) is 0 Å². The number of rotatable bonds is 3. The standard InChI is InChI=1S/C8H8N6O3S/c1-13-7(15)11-12-8(13)18-6-3-4(14(16)17)2-5(9)10-6/h2-3H,1H3,(H2,9,10)(H,11,15). The van der Waals surface area contributed by atoms with Gasteiger partial charge in [0, 0.05) is 13.1 Å². The first-order chi connectivity index (χ1) is 8.47. The van der Waals surface area contributed by atoms with Crippen molar-refractivity contribution in [2.24, 2.45) is 7.05 Å². The molecule has 3 N–H and O–H groups in total. The zero-order valence-corrected chi connectivity index (χ0v) is 9.97. The van der Waals surface area contributed by atoms with Crippen molar-refractivity contribution in [3.63, 3.8) is 0 Å². The molecule has 2 heterocycles. The van der Waals surface area contributed by atoms with Crippen molar-refractivity contribution < 1.29 is 4.92 Å². The van der Waals surface area contributed by atoms with Gasteiger partial charge in [0.15, 0.2) is 5.16 Å². The van der Waals surface area contributed by atoms with Crippen LogP contribution in [0.15, 0.2) is 27.1 Å². The Bertz CT molecular complexity index is 663. The molecule has 9 nitrogen and oxygen atoms in total. The van der Waals surface area contributed by atoms with E-state index in [9.17, 15) is 14.9 Å². The smallest absolute Gasteiger partial charge is 0.343 e. The third-order valence-corrected chi connectivity index (χ3v) is 3.02. The number of nitrogens with zero attached hydrogens (tertiary/aromatic N) is 4. The predicted octanol–water partition coefficient (Wildman–Crippen LogP) is 0.145. The number of nitrogens with one attached hydrogen (secondary N) is 1. The largest absolute Gasteiger partial charge is 0.383 e. The Hall–Kier alpha value is -2.36. The molecule has 0 unspecified atom stereocenters. The SMILES string of the molecule is Cn1c(Sc2cc([N+](=O)[O-])cc(N)n2)n[nH]c1=O. The van der Waals surface area contributed by atoms with Gasteiger partial charge < -0.3 is 5.73 Å². The Kier molecular flexibility index (Phi) is 3.02. The Morgan fingerprint density at radius 1 is 1.56 bits per heavy atom. The molecule has 2 aromatic heterocycles. The van der Waals surface area contributed by atoms with Crippen LogP contribution >= 0.6 is 11.8 Å². The van der Waals surface area contributed by atoms with Gasteiger partial charge in [0.05, 0.1) is 11.0 Å². The van der Waals surface area contributed by atoms with Crippen molar-refractivity contribution in [3.05, 3.63) is 32.7 Å². The topological polar surface area (TPSA) is 133 Å². The molecular weight excluding hydrogens is 260 g/mol. The van der Waals surface area contributed by atoms with E-state index in [4.69, 9.17) is 5.73 Å². The average molecular weight is 268 g/mol. The summed E-state index contributed by atoms with van der Waals surface area (Å²) in [7, 11) is 1.52. The maximum Gasteiger partial charge on any atom is 0.343 e. The van der Waals surface area contributed by atoms with E-state index >= 15 is 0 Å². The van der Waals surface area contributed by atoms with E-state index in [1.54, 1.807) is 0 Å². The highest BCUT2D eigenvalue weighted by Gasteiger charge is 2.13. The summed E-state index contributed by atoms with van der Waals surface area (Å²) in [5, 5.41) is 17.3. The first kappa shape index (κ1) is 12.1. The zero-order chi connectivity index (χ0) is 13.3. The van der Waals surface area contributed by atoms with E-state index in [2.05, 4.69) is 15.2 Å². The molecular formula is C8H8N6O3S. The van der Waals surface area contributed by atoms with Crippen LogP contribution in [0.1, 0.15) is 0 Å². The van der Waals surface area contributed by atoms with Crippen LogP contribution in [0.3, 0.4) is 0 Å². The van der Waals surface area contributed by atoms with Gasteiger partial charge in [-0.3, -0.25) is 14.7 Å². The minimum absolute atomic E-state index is 0.0345. The van der Waals surface area contributed by atoms with Crippen molar-refractivity contribution in [1.29, 1.82) is 0 Å². The number of hydrogen-bond donors (Lipinski definition) is 2. The third kappa shape index (κ3) is 2.32. The lowest BCUT2D eigenvalue weighted by atomic mass is 10.4. The Balaban J connectivity index is 2.37. The fourth-order valence-corrected chi connectivity index (χ4v) is 2.02. The van der Waals surface area contributed by atoms with E-state index in [1.807, 2.05) is 0 Å². The number of aromatic amines is 1. The molecule has 2 rings (SSSR count). The summed E-state index contributed by atoms with van der Waals surface area (Å²) in [6.45, 7) is 0. The van der Waals surface area contributed by atoms with Gasteiger partial charge in [-0.15, -0.1) is 5.10 Å². The number of nitrogen functional groups attached to an aromatic ring is 1. The normalized spacial score (nSPS) is 10.5. The lowest BCUT2D eigenvalue weighted by molar-refractivity contribution is -0.385. The number of aromatic nitrogens is 4. The summed E-state index contributed by atoms with van der Waals surface area (Å²) in [4.78, 5) is 25.2. The van der Waals surface area contributed by atoms with E-state index in [-0.39, 0.29) is 17.2 Å². The summed E-state index contributed by atoms with van der Waals surface area (Å²) in [5.74, 6) is 0.0345. The van der Waals surface area contributed by atoms with Gasteiger partial charge in [-0.25, -0.2) is 14.9 Å². The van der Waals surface area contributed by atoms with Crippen LogP contribution in [0.4, 0.5) is 11.5 Å². The van der Waals surface area contributed by atoms with E-state index < -0.39 is 4.92 Å². The summed E-state index contributed by atoms with van der Waals surface area (Å²) in [5.41, 5.74) is 4.93. The molecule has 0 saturated heterocycles. The maximum absolute atomic E-state index is 11.2. The Labute approximate surface area is 104 Å². The molecule has 0 atom stereocenters. The van der Waals surface area contributed by atoms with Crippen LogP contribution in [-0.4, -0.2) is 24.7 Å². The van der Waals surface area contributed by atoms with Gasteiger partial charge in [-0.05, 0) is 11.8 Å². The minimum atomic E-state index is -0.564. The van der Waals surface area contributed by atoms with Gasteiger partial charge in [-0.1, -0.05) is 0 Å². The van der Waals surface area contributed by atoms with Gasteiger partial charge >= 0.3 is 5.69 Å². The molecule has 2 aromatic rings. The first-order valence-corrected chi connectivity index (χ1v) is 5.50. The van der Waals surface area contributed by atoms with Crippen molar-refractivity contribution in [3.8, 4) is 0 Å². The average Bonchev–Trinajstić information content (AvgIpc) is 2.60. The second-order valence-electron chi connectivity index (χ2n) is 3.32. The summed E-state index contributed by atoms with van der Waals surface area (Å²) in [6, 6.07) is 2.42. The van der Waals surface area contributed by atoms with Crippen LogP contribution in [0, 0.1) is 10.1 Å². The summed E-state index contributed by atoms with van der Waals surface area (Å²) >= 11 is 1.01. The van der Waals surface area contributed by atoms with Gasteiger partial charge in [-0.2, -0.15) is 0 Å². The molecule has 0 radical (unpaired) electrons. The molecule has 0 aliphatic rings. The van der Waals surface area contributed by atoms with Crippen molar-refractivity contribution in [2.75, 3.05) is 5.73 Å². The Morgan fingerprint density at radius 2 is 2.28 bits per heavy atom. The molecule has 0 bridgehead atoms. The minimum Gasteiger partial charge on any atom is -0.383 e. The first-order valence-electron chi connectivity index (χ1n) is 4.68. The Morgan fingerprint density at radius 3 is 2.83 bits per heavy atom. The van der Waals surface area contributed by atoms with Crippen LogP contribution < -0.4 is 11.4 Å². The third-order valence-electron chi connectivity index (χ3n) is 2.05. The lowest BCUT2D eigenvalue weighted by Crippen LogP contribution is -2.12. The highest BCUT2D eigenvalue weighted by atomic mass is 32.2. The lowest BCUT2D eigenvalue weighted by Gasteiger charge is -2.01. The number of nitrogens with two attached hydrogens (primary N) is 1. The molecule has 10 heteroatoms. The molecule has 18 heavy (non-hydrogen) atoms. The molecule has 0 saturated carbocycles. The second-order valence-corrected chi connectivity index (χ2v) is 4.31. The van der Waals surface area contributed by atoms with Crippen LogP contribution in [-0.2, 0) is 7.05 Å². The summed E-state index contributed by atoms with van der Waals surface area (Å²) < 4.78 is 1.27. The highest BCUT2D eigenvalue weighted by Crippen LogP contribution is 2.27. The van der Waals surface area contributed by atoms with E-state index in [1.165, 1.54) is 17.7 Å². The number of H-pyrrole nitrogens is 1. The molecule has 0 aromatic carbocycles. The van der Waals surface area contributed by atoms with Gasteiger partial charge in [0.1, 0.15) is 10.8 Å². The fraction of sp³-hybridized carbons (Fsp3) is 0.125. The molecule has 0 amide bonds. The maximum atomic E-state index is 11.2. The zero-order valence-electron chi connectivity index (χ0n) is 9.15. The molecule has 0 aliphatic heterocycles. The highest BCUT2D eigenvalue weighted by molar-refractivity contribution is 7.99. The molecule has 0 aliphatic carbocycles. The number of pyridine rings is 1. The van der Waals surface area contributed by atoms with Crippen LogP contribution in [0.2, 0.25) is 0 Å². The van der Waals surface area contributed by atoms with Crippen molar-refractivity contribution >= 4 is 23.3 Å². The van der Waals surface area contributed by atoms with Crippen LogP contribution in [0.25, 0.3) is 0 Å². The van der Waals surface area contributed by atoms with E-state index in [0.717, 1.165) is 17.8 Å². The molecule has 0 fully saturated rings. The monoisotopic (exact) mass is 268 g/mol. The predicted molar refractivity (Wildman–Crippen MR) is 63.3 cm³/mol. The quantitative estimate of drug-likeness (QED) is 0.597. The molecule has 94 valence electrons. The van der Waals surface area contributed by atoms with Gasteiger partial charge in [0.2, 0.25) is 0 Å². The summed E-state index contributed by atoms with van der Waals surface area (Å²) in [6.07, 6.45) is 0. The molecule has 0 spiro atoms. The van der Waals surface area contributed by atoms with E-state index in [0.29, 0.717) is 10.2 Å². The number of nitro groups is 1. The van der Waals surface area contributed by atoms with Crippen molar-refractivity contribution in [1.82, 2.24) is 19.7 Å². The number of hydrogen-bond acceptors (Lipinski definition) is 7. The number of anilines is 1.